The molecule has 0 atom stereocenters. The van der Waals surface area contributed by atoms with Gasteiger partial charge in [0.25, 0.3) is 0 Å². The van der Waals surface area contributed by atoms with Gasteiger partial charge in [-0.2, -0.15) is 0 Å². The van der Waals surface area contributed by atoms with Crippen molar-refractivity contribution < 1.29 is 14.6 Å². The minimum absolute atomic E-state index is 0.0473. The Morgan fingerprint density at radius 2 is 2.09 bits per heavy atom. The second kappa shape index (κ2) is 9.09. The Bertz CT molecular complexity index is 125. The van der Waals surface area contributed by atoms with Crippen LogP contribution in [-0.4, -0.2) is 24.3 Å². The minimum Gasteiger partial charge on any atom is -0.460 e. The molecule has 0 heterocycles. The number of hydrazine groups is 1. The van der Waals surface area contributed by atoms with Gasteiger partial charge in [0, 0.05) is 5.57 Å². The van der Waals surface area contributed by atoms with Crippen LogP contribution in [0.4, 0.5) is 0 Å². The van der Waals surface area contributed by atoms with Crippen LogP contribution in [0.1, 0.15) is 6.92 Å². The first-order valence-electron chi connectivity index (χ1n) is 2.95. The number of hydrogen-bond donors (Lipinski definition) is 3. The molecule has 5 heteroatoms. The van der Waals surface area contributed by atoms with Crippen LogP contribution in [-0.2, 0) is 9.53 Å². The maximum Gasteiger partial charge on any atom is 0.333 e. The van der Waals surface area contributed by atoms with E-state index in [0.717, 1.165) is 0 Å². The van der Waals surface area contributed by atoms with E-state index in [4.69, 9.17) is 5.11 Å². The van der Waals surface area contributed by atoms with Gasteiger partial charge in [-0.15, -0.1) is 0 Å². The molecule has 0 aromatic rings. The van der Waals surface area contributed by atoms with E-state index in [-0.39, 0.29) is 13.2 Å². The molecule has 0 aliphatic rings. The van der Waals surface area contributed by atoms with Gasteiger partial charge in [-0.3, -0.25) is 11.7 Å². The van der Waals surface area contributed by atoms with Crippen molar-refractivity contribution in [2.45, 2.75) is 6.92 Å². The lowest BCUT2D eigenvalue weighted by molar-refractivity contribution is -0.139. The van der Waals surface area contributed by atoms with E-state index in [1.165, 1.54) is 0 Å². The third kappa shape index (κ3) is 9.09. The summed E-state index contributed by atoms with van der Waals surface area (Å²) in [6.07, 6.45) is 0. The summed E-state index contributed by atoms with van der Waals surface area (Å²) in [5, 5.41) is 8.19. The fraction of sp³-hybridized carbons (Fsp3) is 0.500. The second-order valence-electron chi connectivity index (χ2n) is 1.64. The molecule has 66 valence electrons. The van der Waals surface area contributed by atoms with Gasteiger partial charge in [-0.05, 0) is 6.92 Å². The zero-order valence-corrected chi connectivity index (χ0v) is 6.54. The molecule has 11 heavy (non-hydrogen) atoms. The molecule has 0 saturated heterocycles. The SMILES string of the molecule is C=C(C)C(=O)OCCO.NN. The number of carbonyl (C=O) groups is 1. The summed E-state index contributed by atoms with van der Waals surface area (Å²) >= 11 is 0. The highest BCUT2D eigenvalue weighted by Crippen LogP contribution is 1.89. The van der Waals surface area contributed by atoms with Crippen LogP contribution >= 0.6 is 0 Å². The van der Waals surface area contributed by atoms with Gasteiger partial charge in [0.2, 0.25) is 0 Å². The number of hydrogen-bond acceptors (Lipinski definition) is 5. The highest BCUT2D eigenvalue weighted by Gasteiger charge is 1.99. The average Bonchev–Trinajstić information content (AvgIpc) is 2.03. The largest absolute Gasteiger partial charge is 0.460 e. The summed E-state index contributed by atoms with van der Waals surface area (Å²) in [4.78, 5) is 10.5. The molecule has 0 bridgehead atoms. The van der Waals surface area contributed by atoms with Gasteiger partial charge >= 0.3 is 5.97 Å². The normalized spacial score (nSPS) is 7.64. The number of aliphatic hydroxyl groups excluding tert-OH is 1. The minimum atomic E-state index is -0.455. The van der Waals surface area contributed by atoms with Crippen molar-refractivity contribution >= 4 is 5.97 Å². The predicted molar refractivity (Wildman–Crippen MR) is 41.2 cm³/mol. The molecule has 0 unspecified atom stereocenters. The molecule has 0 aliphatic carbocycles. The molecule has 0 aliphatic heterocycles. The molecule has 5 nitrogen and oxygen atoms in total. The number of ether oxygens (including phenoxy) is 1. The van der Waals surface area contributed by atoms with Gasteiger partial charge in [-0.1, -0.05) is 6.58 Å². The summed E-state index contributed by atoms with van der Waals surface area (Å²) < 4.78 is 4.46. The monoisotopic (exact) mass is 162 g/mol. The average molecular weight is 162 g/mol. The standard InChI is InChI=1S/C6H10O3.H4N2/c1-5(2)6(8)9-4-3-7;1-2/h7H,1,3-4H2,2H3;1-2H2. The number of esters is 1. The van der Waals surface area contributed by atoms with Crippen molar-refractivity contribution in [2.24, 2.45) is 11.7 Å². The fourth-order valence-corrected chi connectivity index (χ4v) is 0.262. The summed E-state index contributed by atoms with van der Waals surface area (Å²) in [5.74, 6) is 7.55. The third-order valence-electron chi connectivity index (χ3n) is 0.673. The van der Waals surface area contributed by atoms with E-state index in [9.17, 15) is 4.79 Å². The maximum absolute atomic E-state index is 10.5. The zero-order valence-electron chi connectivity index (χ0n) is 6.54. The van der Waals surface area contributed by atoms with E-state index in [1.807, 2.05) is 0 Å². The molecular formula is C6H14N2O3. The topological polar surface area (TPSA) is 98.6 Å². The van der Waals surface area contributed by atoms with E-state index in [2.05, 4.69) is 23.0 Å². The van der Waals surface area contributed by atoms with Crippen LogP contribution in [0.5, 0.6) is 0 Å². The van der Waals surface area contributed by atoms with E-state index in [0.29, 0.717) is 5.57 Å². The molecule has 0 amide bonds. The van der Waals surface area contributed by atoms with Crippen molar-refractivity contribution in [3.05, 3.63) is 12.2 Å². The van der Waals surface area contributed by atoms with Gasteiger partial charge in [0.15, 0.2) is 0 Å². The van der Waals surface area contributed by atoms with Crippen LogP contribution in [0.3, 0.4) is 0 Å². The summed E-state index contributed by atoms with van der Waals surface area (Å²) in [6, 6.07) is 0. The molecule has 0 spiro atoms. The Labute approximate surface area is 65.6 Å². The lowest BCUT2D eigenvalue weighted by atomic mass is 10.4. The smallest absolute Gasteiger partial charge is 0.333 e. The molecule has 0 aromatic carbocycles. The fourth-order valence-electron chi connectivity index (χ4n) is 0.262. The van der Waals surface area contributed by atoms with E-state index in [1.54, 1.807) is 6.92 Å². The molecule has 5 N–H and O–H groups in total. The van der Waals surface area contributed by atoms with Gasteiger partial charge < -0.3 is 9.84 Å². The Kier molecular flexibility index (Phi) is 10.5. The first-order valence-corrected chi connectivity index (χ1v) is 2.95. The molecule has 0 rings (SSSR count). The first kappa shape index (κ1) is 12.7. The number of aliphatic hydroxyl groups is 1. The Morgan fingerprint density at radius 1 is 1.64 bits per heavy atom. The van der Waals surface area contributed by atoms with Crippen molar-refractivity contribution in [1.29, 1.82) is 0 Å². The zero-order chi connectivity index (χ0) is 9.28. The van der Waals surface area contributed by atoms with Crippen molar-refractivity contribution in [1.82, 2.24) is 0 Å². The van der Waals surface area contributed by atoms with Gasteiger partial charge in [-0.25, -0.2) is 4.79 Å². The van der Waals surface area contributed by atoms with Crippen LogP contribution in [0.15, 0.2) is 12.2 Å². The highest BCUT2D eigenvalue weighted by molar-refractivity contribution is 5.86. The quantitative estimate of drug-likeness (QED) is 0.212. The van der Waals surface area contributed by atoms with Gasteiger partial charge in [0.1, 0.15) is 6.61 Å². The highest BCUT2D eigenvalue weighted by atomic mass is 16.5. The summed E-state index contributed by atoms with van der Waals surface area (Å²) in [6.45, 7) is 4.81. The van der Waals surface area contributed by atoms with E-state index >= 15 is 0 Å². The van der Waals surface area contributed by atoms with Crippen LogP contribution in [0, 0.1) is 0 Å². The van der Waals surface area contributed by atoms with Crippen molar-refractivity contribution in [3.8, 4) is 0 Å². The van der Waals surface area contributed by atoms with Crippen LogP contribution < -0.4 is 11.7 Å². The van der Waals surface area contributed by atoms with Crippen molar-refractivity contribution in [2.75, 3.05) is 13.2 Å². The molecular weight excluding hydrogens is 148 g/mol. The molecule has 0 aromatic heterocycles. The first-order chi connectivity index (χ1) is 5.18. The molecule has 0 saturated carbocycles. The van der Waals surface area contributed by atoms with Crippen molar-refractivity contribution in [3.63, 3.8) is 0 Å². The molecule has 0 fully saturated rings. The number of carbonyl (C=O) groups excluding carboxylic acids is 1. The van der Waals surface area contributed by atoms with Crippen LogP contribution in [0.25, 0.3) is 0 Å². The second-order valence-corrected chi connectivity index (χ2v) is 1.64. The van der Waals surface area contributed by atoms with Gasteiger partial charge in [0.05, 0.1) is 6.61 Å². The number of nitrogens with two attached hydrogens (primary N) is 2. The maximum atomic E-state index is 10.5. The van der Waals surface area contributed by atoms with E-state index < -0.39 is 5.97 Å². The lowest BCUT2D eigenvalue weighted by Gasteiger charge is -1.99. The Hall–Kier alpha value is -0.910. The number of rotatable bonds is 3. The summed E-state index contributed by atoms with van der Waals surface area (Å²) in [7, 11) is 0. The third-order valence-corrected chi connectivity index (χ3v) is 0.673. The molecule has 0 radical (unpaired) electrons. The van der Waals surface area contributed by atoms with Crippen LogP contribution in [0.2, 0.25) is 0 Å². The predicted octanol–water partition coefficient (Wildman–Crippen LogP) is -1.08. The lowest BCUT2D eigenvalue weighted by Crippen LogP contribution is -2.08. The Balaban J connectivity index is 0. The Morgan fingerprint density at radius 3 is 2.36 bits per heavy atom. The summed E-state index contributed by atoms with van der Waals surface area (Å²) in [5.41, 5.74) is 0.350.